The predicted molar refractivity (Wildman–Crippen MR) is 97.8 cm³/mol. The largest absolute Gasteiger partial charge is 0.403 e. The number of carbonyl (C=O) groups is 3. The summed E-state index contributed by atoms with van der Waals surface area (Å²) >= 11 is 0. The fourth-order valence-corrected chi connectivity index (χ4v) is 2.96. The molecule has 1 aliphatic heterocycles. The van der Waals surface area contributed by atoms with Crippen molar-refractivity contribution < 1.29 is 23.6 Å². The van der Waals surface area contributed by atoms with E-state index in [1.807, 2.05) is 0 Å². The number of aromatic nitrogens is 3. The Kier molecular flexibility index (Phi) is 4.42. The lowest BCUT2D eigenvalue weighted by Gasteiger charge is -2.10. The van der Waals surface area contributed by atoms with Gasteiger partial charge in [-0.1, -0.05) is 43.2 Å². The molecule has 2 amide bonds. The molecule has 146 valence electrons. The van der Waals surface area contributed by atoms with Gasteiger partial charge in [0.2, 0.25) is 0 Å². The molecule has 9 heteroatoms. The van der Waals surface area contributed by atoms with Gasteiger partial charge in [-0.05, 0) is 24.3 Å². The number of para-hydroxylation sites is 1. The van der Waals surface area contributed by atoms with Crippen LogP contribution in [0.15, 0.2) is 48.5 Å². The SMILES string of the molecule is CC(C)c1nc(C(=O)ON2C(=O)c3ccccc3C2=O)nn1-c1ccccc1F. The Morgan fingerprint density at radius 1 is 1.00 bits per heavy atom. The van der Waals surface area contributed by atoms with Crippen LogP contribution in [0.4, 0.5) is 4.39 Å². The molecule has 0 saturated heterocycles. The van der Waals surface area contributed by atoms with Gasteiger partial charge in [-0.2, -0.15) is 0 Å². The first-order valence-electron chi connectivity index (χ1n) is 8.80. The molecule has 1 aliphatic rings. The van der Waals surface area contributed by atoms with Crippen molar-refractivity contribution in [1.82, 2.24) is 19.8 Å². The zero-order valence-electron chi connectivity index (χ0n) is 15.5. The fourth-order valence-electron chi connectivity index (χ4n) is 2.96. The van der Waals surface area contributed by atoms with Crippen LogP contribution in [0.3, 0.4) is 0 Å². The Hall–Kier alpha value is -3.88. The molecule has 0 bridgehead atoms. The molecular weight excluding hydrogens is 379 g/mol. The Morgan fingerprint density at radius 3 is 2.17 bits per heavy atom. The summed E-state index contributed by atoms with van der Waals surface area (Å²) < 4.78 is 15.4. The number of hydroxylamine groups is 2. The number of hydrogen-bond acceptors (Lipinski definition) is 6. The molecule has 3 aromatic rings. The lowest BCUT2D eigenvalue weighted by atomic mass is 10.1. The fraction of sp³-hybridized carbons (Fsp3) is 0.150. The van der Waals surface area contributed by atoms with E-state index in [4.69, 9.17) is 4.84 Å². The van der Waals surface area contributed by atoms with Crippen molar-refractivity contribution in [3.05, 3.63) is 77.1 Å². The van der Waals surface area contributed by atoms with Gasteiger partial charge in [0.1, 0.15) is 17.3 Å². The highest BCUT2D eigenvalue weighted by Gasteiger charge is 2.39. The Morgan fingerprint density at radius 2 is 1.59 bits per heavy atom. The number of imide groups is 1. The van der Waals surface area contributed by atoms with E-state index in [1.165, 1.54) is 35.0 Å². The number of halogens is 1. The van der Waals surface area contributed by atoms with Crippen molar-refractivity contribution in [2.45, 2.75) is 19.8 Å². The summed E-state index contributed by atoms with van der Waals surface area (Å²) in [5.74, 6) is -3.41. The minimum absolute atomic E-state index is 0.114. The van der Waals surface area contributed by atoms with Crippen LogP contribution >= 0.6 is 0 Å². The van der Waals surface area contributed by atoms with E-state index in [9.17, 15) is 18.8 Å². The maximum absolute atomic E-state index is 14.2. The number of hydrogen-bond donors (Lipinski definition) is 0. The molecule has 4 rings (SSSR count). The van der Waals surface area contributed by atoms with Gasteiger partial charge in [0.25, 0.3) is 17.6 Å². The molecule has 0 spiro atoms. The normalized spacial score (nSPS) is 13.2. The highest BCUT2D eigenvalue weighted by molar-refractivity contribution is 6.21. The van der Waals surface area contributed by atoms with E-state index >= 15 is 0 Å². The number of fused-ring (bicyclic) bond motifs is 1. The first-order valence-corrected chi connectivity index (χ1v) is 8.80. The zero-order chi connectivity index (χ0) is 20.7. The number of nitrogens with zero attached hydrogens (tertiary/aromatic N) is 4. The van der Waals surface area contributed by atoms with E-state index in [0.29, 0.717) is 10.9 Å². The minimum atomic E-state index is -1.10. The summed E-state index contributed by atoms with van der Waals surface area (Å²) in [7, 11) is 0. The van der Waals surface area contributed by atoms with E-state index in [2.05, 4.69) is 10.1 Å². The zero-order valence-corrected chi connectivity index (χ0v) is 15.5. The molecule has 8 nitrogen and oxygen atoms in total. The maximum Gasteiger partial charge on any atom is 0.403 e. The molecule has 29 heavy (non-hydrogen) atoms. The van der Waals surface area contributed by atoms with Crippen LogP contribution in [0.2, 0.25) is 0 Å². The maximum atomic E-state index is 14.2. The van der Waals surface area contributed by atoms with Crippen LogP contribution in [0.1, 0.15) is 56.9 Å². The van der Waals surface area contributed by atoms with Gasteiger partial charge in [-0.15, -0.1) is 5.10 Å². The number of amides is 2. The number of benzene rings is 2. The van der Waals surface area contributed by atoms with Gasteiger partial charge in [0.15, 0.2) is 0 Å². The highest BCUT2D eigenvalue weighted by atomic mass is 19.1. The average molecular weight is 394 g/mol. The highest BCUT2D eigenvalue weighted by Crippen LogP contribution is 2.24. The second kappa shape index (κ2) is 6.93. The standard InChI is InChI=1S/C20H15FN4O4/c1-11(2)17-22-16(23-24(17)15-10-6-5-9-14(15)21)20(28)29-25-18(26)12-7-3-4-8-13(12)19(25)27/h3-11H,1-2H3. The summed E-state index contributed by atoms with van der Waals surface area (Å²) in [5.41, 5.74) is 0.388. The van der Waals surface area contributed by atoms with Gasteiger partial charge in [-0.3, -0.25) is 9.59 Å². The van der Waals surface area contributed by atoms with Crippen LogP contribution in [0.25, 0.3) is 5.69 Å². The van der Waals surface area contributed by atoms with E-state index < -0.39 is 29.4 Å². The van der Waals surface area contributed by atoms with Crippen molar-refractivity contribution in [1.29, 1.82) is 0 Å². The van der Waals surface area contributed by atoms with E-state index in [1.54, 1.807) is 32.0 Å². The summed E-state index contributed by atoms with van der Waals surface area (Å²) in [5, 5.41) is 4.43. The van der Waals surface area contributed by atoms with E-state index in [-0.39, 0.29) is 22.7 Å². The second-order valence-electron chi connectivity index (χ2n) is 6.64. The quantitative estimate of drug-likeness (QED) is 0.632. The lowest BCUT2D eigenvalue weighted by Crippen LogP contribution is -2.33. The molecule has 2 aromatic carbocycles. The van der Waals surface area contributed by atoms with E-state index in [0.717, 1.165) is 0 Å². The van der Waals surface area contributed by atoms with Crippen LogP contribution in [-0.2, 0) is 4.84 Å². The molecule has 0 aliphatic carbocycles. The molecule has 0 N–H and O–H groups in total. The molecule has 0 unspecified atom stereocenters. The summed E-state index contributed by atoms with van der Waals surface area (Å²) in [6.07, 6.45) is 0. The van der Waals surface area contributed by atoms with Gasteiger partial charge in [0, 0.05) is 5.92 Å². The van der Waals surface area contributed by atoms with Crippen molar-refractivity contribution in [2.75, 3.05) is 0 Å². The lowest BCUT2D eigenvalue weighted by molar-refractivity contribution is -0.0592. The van der Waals surface area contributed by atoms with Crippen molar-refractivity contribution >= 4 is 17.8 Å². The first-order chi connectivity index (χ1) is 13.9. The summed E-state index contributed by atoms with van der Waals surface area (Å²) in [6.45, 7) is 3.61. The van der Waals surface area contributed by atoms with Crippen molar-refractivity contribution in [2.24, 2.45) is 0 Å². The van der Waals surface area contributed by atoms with Crippen molar-refractivity contribution in [3.63, 3.8) is 0 Å². The topological polar surface area (TPSA) is 94.4 Å². The second-order valence-corrected chi connectivity index (χ2v) is 6.64. The minimum Gasteiger partial charge on any atom is -0.321 e. The molecule has 0 radical (unpaired) electrons. The average Bonchev–Trinajstić information content (AvgIpc) is 3.25. The van der Waals surface area contributed by atoms with Gasteiger partial charge >= 0.3 is 5.97 Å². The van der Waals surface area contributed by atoms with Gasteiger partial charge in [-0.25, -0.2) is 18.9 Å². The number of carbonyl (C=O) groups excluding carboxylic acids is 3. The Balaban J connectivity index is 1.65. The number of rotatable bonds is 4. The molecule has 2 heterocycles. The van der Waals surface area contributed by atoms with Crippen LogP contribution in [0.5, 0.6) is 0 Å². The van der Waals surface area contributed by atoms with Crippen molar-refractivity contribution in [3.8, 4) is 5.69 Å². The third kappa shape index (κ3) is 3.06. The molecule has 0 saturated carbocycles. The first kappa shape index (κ1) is 18.5. The Bertz CT molecular complexity index is 1120. The smallest absolute Gasteiger partial charge is 0.321 e. The molecule has 1 aromatic heterocycles. The summed E-state index contributed by atoms with van der Waals surface area (Å²) in [4.78, 5) is 46.4. The van der Waals surface area contributed by atoms with Gasteiger partial charge < -0.3 is 4.84 Å². The van der Waals surface area contributed by atoms with Crippen LogP contribution in [-0.4, -0.2) is 37.6 Å². The third-order valence-electron chi connectivity index (χ3n) is 4.34. The van der Waals surface area contributed by atoms with Crippen LogP contribution < -0.4 is 0 Å². The predicted octanol–water partition coefficient (Wildman–Crippen LogP) is 2.90. The Labute approximate surface area is 164 Å². The van der Waals surface area contributed by atoms with Crippen LogP contribution in [0, 0.1) is 5.82 Å². The monoisotopic (exact) mass is 394 g/mol. The molecule has 0 atom stereocenters. The third-order valence-corrected chi connectivity index (χ3v) is 4.34. The summed E-state index contributed by atoms with van der Waals surface area (Å²) in [6, 6.07) is 12.0. The molecular formula is C20H15FN4O4. The van der Waals surface area contributed by atoms with Gasteiger partial charge in [0.05, 0.1) is 11.1 Å². The molecule has 0 fully saturated rings.